The van der Waals surface area contributed by atoms with Crippen LogP contribution in [0.2, 0.25) is 0 Å². The molecule has 1 rings (SSSR count). The largest absolute Gasteiger partial charge is 0.497 e. The second-order valence-corrected chi connectivity index (χ2v) is 6.64. The number of carbonyl (C=O) groups excluding carboxylic acids is 2. The van der Waals surface area contributed by atoms with Gasteiger partial charge in [0.1, 0.15) is 11.4 Å². The van der Waals surface area contributed by atoms with E-state index >= 15 is 0 Å². The molecule has 0 aliphatic heterocycles. The van der Waals surface area contributed by atoms with Crippen molar-refractivity contribution in [1.82, 2.24) is 10.6 Å². The minimum absolute atomic E-state index is 0.161. The number of nitrogens with one attached hydrogen (secondary N) is 2. The molecule has 2 N–H and O–H groups in total. The van der Waals surface area contributed by atoms with Crippen molar-refractivity contribution in [2.45, 2.75) is 26.4 Å². The molecule has 27 heavy (non-hydrogen) atoms. The Morgan fingerprint density at radius 1 is 0.889 bits per heavy atom. The molecule has 0 saturated carbocycles. The Bertz CT molecular complexity index is 569. The maximum atomic E-state index is 11.9. The average Bonchev–Trinajstić information content (AvgIpc) is 2.61. The van der Waals surface area contributed by atoms with Crippen molar-refractivity contribution in [2.24, 2.45) is 0 Å². The van der Waals surface area contributed by atoms with Crippen molar-refractivity contribution < 1.29 is 28.5 Å². The molecule has 8 heteroatoms. The highest BCUT2D eigenvalue weighted by atomic mass is 16.6. The number of alkyl carbamates (subject to hydrolysis) is 1. The smallest absolute Gasteiger partial charge is 0.407 e. The number of amides is 2. The van der Waals surface area contributed by atoms with Gasteiger partial charge < -0.3 is 29.6 Å². The summed E-state index contributed by atoms with van der Waals surface area (Å²) in [4.78, 5) is 23.3. The molecule has 0 aromatic heterocycles. The van der Waals surface area contributed by atoms with Crippen LogP contribution in [0.5, 0.6) is 5.75 Å². The van der Waals surface area contributed by atoms with Gasteiger partial charge in [0.15, 0.2) is 0 Å². The van der Waals surface area contributed by atoms with Gasteiger partial charge >= 0.3 is 6.09 Å². The number of benzene rings is 1. The fourth-order valence-electron chi connectivity index (χ4n) is 1.94. The Hall–Kier alpha value is -2.32. The highest BCUT2D eigenvalue weighted by molar-refractivity contribution is 5.94. The van der Waals surface area contributed by atoms with Gasteiger partial charge in [-0.15, -0.1) is 0 Å². The van der Waals surface area contributed by atoms with Crippen LogP contribution >= 0.6 is 0 Å². The number of methoxy groups -OCH3 is 1. The van der Waals surface area contributed by atoms with Crippen LogP contribution in [0.25, 0.3) is 0 Å². The van der Waals surface area contributed by atoms with E-state index in [-0.39, 0.29) is 5.91 Å². The molecule has 0 radical (unpaired) electrons. The van der Waals surface area contributed by atoms with E-state index in [0.29, 0.717) is 50.8 Å². The molecule has 0 spiro atoms. The minimum Gasteiger partial charge on any atom is -0.497 e. The van der Waals surface area contributed by atoms with Gasteiger partial charge in [-0.05, 0) is 45.0 Å². The lowest BCUT2D eigenvalue weighted by molar-refractivity contribution is 0.0400. The third-order valence-corrected chi connectivity index (χ3v) is 3.17. The van der Waals surface area contributed by atoms with Gasteiger partial charge in [-0.3, -0.25) is 4.79 Å². The molecule has 0 bridgehead atoms. The molecule has 1 aromatic carbocycles. The molecule has 0 aliphatic carbocycles. The van der Waals surface area contributed by atoms with Crippen molar-refractivity contribution >= 4 is 12.0 Å². The molecule has 0 unspecified atom stereocenters. The van der Waals surface area contributed by atoms with Crippen LogP contribution in [0.1, 0.15) is 31.1 Å². The first-order chi connectivity index (χ1) is 12.8. The standard InChI is InChI=1S/C19H30N2O6/c1-19(2,3)27-18(23)21-10-12-26-14-13-25-11-9-20-17(22)15-5-7-16(24-4)8-6-15/h5-8H,9-14H2,1-4H3,(H,20,22)(H,21,23). The average molecular weight is 382 g/mol. The second kappa shape index (κ2) is 12.1. The van der Waals surface area contributed by atoms with E-state index in [1.54, 1.807) is 52.1 Å². The summed E-state index contributed by atoms with van der Waals surface area (Å²) in [5.41, 5.74) is 0.0540. The normalized spacial score (nSPS) is 11.0. The second-order valence-electron chi connectivity index (χ2n) is 6.64. The van der Waals surface area contributed by atoms with E-state index in [4.69, 9.17) is 18.9 Å². The maximum absolute atomic E-state index is 11.9. The monoisotopic (exact) mass is 382 g/mol. The van der Waals surface area contributed by atoms with Crippen LogP contribution in [-0.2, 0) is 14.2 Å². The lowest BCUT2D eigenvalue weighted by atomic mass is 10.2. The maximum Gasteiger partial charge on any atom is 0.407 e. The number of carbonyl (C=O) groups is 2. The van der Waals surface area contributed by atoms with Crippen molar-refractivity contribution in [2.75, 3.05) is 46.6 Å². The molecule has 0 atom stereocenters. The first-order valence-electron chi connectivity index (χ1n) is 8.86. The van der Waals surface area contributed by atoms with E-state index < -0.39 is 11.7 Å². The van der Waals surface area contributed by atoms with E-state index in [9.17, 15) is 9.59 Å². The van der Waals surface area contributed by atoms with Gasteiger partial charge in [-0.2, -0.15) is 0 Å². The van der Waals surface area contributed by atoms with Gasteiger partial charge in [0, 0.05) is 18.7 Å². The Balaban J connectivity index is 1.97. The zero-order valence-electron chi connectivity index (χ0n) is 16.5. The topological polar surface area (TPSA) is 95.1 Å². The molecule has 152 valence electrons. The molecule has 2 amide bonds. The first kappa shape index (κ1) is 22.7. The van der Waals surface area contributed by atoms with Crippen molar-refractivity contribution in [3.05, 3.63) is 29.8 Å². The summed E-state index contributed by atoms with van der Waals surface area (Å²) in [6.45, 7) is 7.77. The van der Waals surface area contributed by atoms with E-state index in [1.165, 1.54) is 0 Å². The van der Waals surface area contributed by atoms with Crippen LogP contribution in [0, 0.1) is 0 Å². The third kappa shape index (κ3) is 11.1. The van der Waals surface area contributed by atoms with E-state index in [0.717, 1.165) is 0 Å². The quantitative estimate of drug-likeness (QED) is 0.568. The SMILES string of the molecule is COc1ccc(C(=O)NCCOCCOCCNC(=O)OC(C)(C)C)cc1. The van der Waals surface area contributed by atoms with Crippen molar-refractivity contribution in [1.29, 1.82) is 0 Å². The molecule has 0 aliphatic rings. The number of rotatable bonds is 11. The summed E-state index contributed by atoms with van der Waals surface area (Å²) in [5.74, 6) is 0.543. The minimum atomic E-state index is -0.512. The van der Waals surface area contributed by atoms with Crippen molar-refractivity contribution in [3.8, 4) is 5.75 Å². The lowest BCUT2D eigenvalue weighted by Gasteiger charge is -2.19. The van der Waals surface area contributed by atoms with E-state index in [1.807, 2.05) is 0 Å². The Kier molecular flexibility index (Phi) is 10.2. The van der Waals surface area contributed by atoms with Crippen LogP contribution < -0.4 is 15.4 Å². The summed E-state index contributed by atoms with van der Waals surface area (Å²) < 4.78 is 20.9. The van der Waals surface area contributed by atoms with Gasteiger partial charge in [-0.25, -0.2) is 4.79 Å². The summed E-state index contributed by atoms with van der Waals surface area (Å²) in [6, 6.07) is 6.88. The summed E-state index contributed by atoms with van der Waals surface area (Å²) >= 11 is 0. The number of hydrogen-bond acceptors (Lipinski definition) is 6. The third-order valence-electron chi connectivity index (χ3n) is 3.17. The Labute approximate surface area is 160 Å². The predicted molar refractivity (Wildman–Crippen MR) is 101 cm³/mol. The van der Waals surface area contributed by atoms with Gasteiger partial charge in [0.05, 0.1) is 33.5 Å². The highest BCUT2D eigenvalue weighted by Crippen LogP contribution is 2.10. The van der Waals surface area contributed by atoms with Crippen LogP contribution in [0.4, 0.5) is 4.79 Å². The van der Waals surface area contributed by atoms with Crippen LogP contribution in [0.15, 0.2) is 24.3 Å². The molecular weight excluding hydrogens is 352 g/mol. The van der Waals surface area contributed by atoms with Gasteiger partial charge in [0.25, 0.3) is 5.91 Å². The fraction of sp³-hybridized carbons (Fsp3) is 0.579. The van der Waals surface area contributed by atoms with E-state index in [2.05, 4.69) is 10.6 Å². The van der Waals surface area contributed by atoms with Crippen LogP contribution in [-0.4, -0.2) is 64.2 Å². The lowest BCUT2D eigenvalue weighted by Crippen LogP contribution is -2.34. The highest BCUT2D eigenvalue weighted by Gasteiger charge is 2.15. The summed E-state index contributed by atoms with van der Waals surface area (Å²) in [5, 5.41) is 5.37. The van der Waals surface area contributed by atoms with Gasteiger partial charge in [0.2, 0.25) is 0 Å². The Morgan fingerprint density at radius 2 is 1.44 bits per heavy atom. The predicted octanol–water partition coefficient (Wildman–Crippen LogP) is 1.98. The molecular formula is C19H30N2O6. The summed E-state index contributed by atoms with van der Waals surface area (Å²) in [6.07, 6.45) is -0.463. The zero-order valence-corrected chi connectivity index (χ0v) is 16.5. The molecule has 0 saturated heterocycles. The number of hydrogen-bond donors (Lipinski definition) is 2. The first-order valence-corrected chi connectivity index (χ1v) is 8.86. The zero-order chi connectivity index (χ0) is 20.1. The Morgan fingerprint density at radius 3 is 1.96 bits per heavy atom. The van der Waals surface area contributed by atoms with Gasteiger partial charge in [-0.1, -0.05) is 0 Å². The molecule has 0 heterocycles. The van der Waals surface area contributed by atoms with Crippen molar-refractivity contribution in [3.63, 3.8) is 0 Å². The fourth-order valence-corrected chi connectivity index (χ4v) is 1.94. The van der Waals surface area contributed by atoms with Crippen LogP contribution in [0.3, 0.4) is 0 Å². The molecule has 0 fully saturated rings. The molecule has 1 aromatic rings. The number of ether oxygens (including phenoxy) is 4. The molecule has 8 nitrogen and oxygen atoms in total. The summed E-state index contributed by atoms with van der Waals surface area (Å²) in [7, 11) is 1.58.